The third kappa shape index (κ3) is 6.50. The van der Waals surface area contributed by atoms with Crippen molar-refractivity contribution in [3.8, 4) is 11.8 Å². The lowest BCUT2D eigenvalue weighted by atomic mass is 9.91. The van der Waals surface area contributed by atoms with E-state index in [0.29, 0.717) is 30.8 Å². The number of fused-ring (bicyclic) bond motifs is 1. The number of rotatable bonds is 10. The molecule has 3 amide bonds. The molecule has 0 unspecified atom stereocenters. The Morgan fingerprint density at radius 3 is 2.75 bits per heavy atom. The van der Waals surface area contributed by atoms with Crippen LogP contribution in [0, 0.1) is 29.1 Å². The summed E-state index contributed by atoms with van der Waals surface area (Å²) in [7, 11) is 1.56. The molecule has 1 aromatic carbocycles. The molecule has 190 valence electrons. The minimum absolute atomic E-state index is 0.0314. The molecule has 0 bridgehead atoms. The summed E-state index contributed by atoms with van der Waals surface area (Å²) in [6.07, 6.45) is 2.92. The minimum Gasteiger partial charge on any atom is -0.496 e. The molecule has 0 aliphatic carbocycles. The van der Waals surface area contributed by atoms with Crippen molar-refractivity contribution >= 4 is 34.4 Å². The van der Waals surface area contributed by atoms with E-state index in [1.807, 2.05) is 26.0 Å². The maximum atomic E-state index is 13.3. The lowest BCUT2D eigenvalue weighted by molar-refractivity contribution is -0.141. The van der Waals surface area contributed by atoms with Gasteiger partial charge in [0, 0.05) is 41.9 Å². The van der Waals surface area contributed by atoms with Crippen molar-refractivity contribution in [2.75, 3.05) is 20.2 Å². The van der Waals surface area contributed by atoms with Gasteiger partial charge >= 0.3 is 0 Å². The third-order valence-corrected chi connectivity index (χ3v) is 6.08. The average Bonchev–Trinajstić information content (AvgIpc) is 3.47. The number of carbonyl (C=O) groups is 4. The number of ketones is 1. The van der Waals surface area contributed by atoms with E-state index < -0.39 is 23.7 Å². The van der Waals surface area contributed by atoms with Crippen LogP contribution in [0.3, 0.4) is 0 Å². The number of nitrogens with one attached hydrogen (secondary N) is 3. The molecule has 3 N–H and O–H groups in total. The summed E-state index contributed by atoms with van der Waals surface area (Å²) in [6, 6.07) is 8.91. The van der Waals surface area contributed by atoms with E-state index in [-0.39, 0.29) is 30.6 Å². The SMILES string of the molecule is COc1cccc2[nH]c(C(=O)C[C@@H](CC(C)C)C(=O)NN(C[C@@H]3CCNC3=O)C(=O)/C=C\C#N)cc12. The number of benzene rings is 1. The van der Waals surface area contributed by atoms with Crippen LogP contribution in [0.2, 0.25) is 0 Å². The number of ether oxygens (including phenoxy) is 1. The molecule has 0 saturated carbocycles. The van der Waals surface area contributed by atoms with E-state index in [9.17, 15) is 19.2 Å². The highest BCUT2D eigenvalue weighted by Crippen LogP contribution is 2.27. The maximum Gasteiger partial charge on any atom is 0.265 e. The molecule has 36 heavy (non-hydrogen) atoms. The Balaban J connectivity index is 1.78. The van der Waals surface area contributed by atoms with Crippen LogP contribution < -0.4 is 15.5 Å². The van der Waals surface area contributed by atoms with Gasteiger partial charge in [-0.05, 0) is 37.0 Å². The number of carbonyl (C=O) groups excluding carboxylic acids is 4. The minimum atomic E-state index is -0.710. The Morgan fingerprint density at radius 2 is 2.11 bits per heavy atom. The topological polar surface area (TPSA) is 144 Å². The predicted molar refractivity (Wildman–Crippen MR) is 132 cm³/mol. The van der Waals surface area contributed by atoms with E-state index in [4.69, 9.17) is 10.00 Å². The smallest absolute Gasteiger partial charge is 0.265 e. The van der Waals surface area contributed by atoms with Crippen LogP contribution >= 0.6 is 0 Å². The molecular weight excluding hydrogens is 462 g/mol. The van der Waals surface area contributed by atoms with Crippen LogP contribution in [0.25, 0.3) is 10.9 Å². The number of aromatic amines is 1. The second kappa shape index (κ2) is 12.0. The molecule has 1 fully saturated rings. The summed E-state index contributed by atoms with van der Waals surface area (Å²) in [6.45, 7) is 4.35. The second-order valence-corrected chi connectivity index (χ2v) is 9.22. The molecule has 1 aliphatic rings. The van der Waals surface area contributed by atoms with Crippen molar-refractivity contribution in [1.82, 2.24) is 20.7 Å². The van der Waals surface area contributed by atoms with Gasteiger partial charge in [0.15, 0.2) is 5.78 Å². The lowest BCUT2D eigenvalue weighted by Crippen LogP contribution is -2.50. The van der Waals surface area contributed by atoms with Gasteiger partial charge in [-0.1, -0.05) is 19.9 Å². The number of H-pyrrole nitrogens is 1. The number of methoxy groups -OCH3 is 1. The Morgan fingerprint density at radius 1 is 1.33 bits per heavy atom. The molecule has 10 nitrogen and oxygen atoms in total. The summed E-state index contributed by atoms with van der Waals surface area (Å²) < 4.78 is 5.36. The molecule has 0 spiro atoms. The van der Waals surface area contributed by atoms with Crippen molar-refractivity contribution in [1.29, 1.82) is 5.26 Å². The highest BCUT2D eigenvalue weighted by Gasteiger charge is 2.31. The molecular formula is C26H31N5O5. The number of Topliss-reactive ketones (excluding diaryl/α,β-unsaturated/α-hetero) is 1. The standard InChI is InChI=1S/C26H31N5O5/c1-16(2)12-18(13-22(32)21-14-19-20(29-21)6-4-7-23(19)36-3)26(35)30-31(24(33)8-5-10-27)15-17-9-11-28-25(17)34/h4-8,14,16-18,29H,9,11-13,15H2,1-3H3,(H,28,34)(H,30,35)/b8-5-/t17-,18+/m0/s1. The summed E-state index contributed by atoms with van der Waals surface area (Å²) in [5.41, 5.74) is 3.72. The molecule has 2 heterocycles. The number of hydrazine groups is 1. The van der Waals surface area contributed by atoms with Gasteiger partial charge in [0.05, 0.1) is 31.3 Å². The highest BCUT2D eigenvalue weighted by atomic mass is 16.5. The number of hydrogen-bond donors (Lipinski definition) is 3. The quantitative estimate of drug-likeness (QED) is 0.201. The summed E-state index contributed by atoms with van der Waals surface area (Å²) in [5, 5.41) is 13.3. The van der Waals surface area contributed by atoms with Crippen LogP contribution in [-0.4, -0.2) is 53.7 Å². The maximum absolute atomic E-state index is 13.3. The molecule has 10 heteroatoms. The van der Waals surface area contributed by atoms with Crippen molar-refractivity contribution in [3.05, 3.63) is 42.1 Å². The number of aromatic nitrogens is 1. The average molecular weight is 494 g/mol. The molecule has 1 saturated heterocycles. The van der Waals surface area contributed by atoms with Crippen LogP contribution in [0.5, 0.6) is 5.75 Å². The molecule has 2 atom stereocenters. The fraction of sp³-hybridized carbons (Fsp3) is 0.423. The van der Waals surface area contributed by atoms with E-state index in [1.165, 1.54) is 0 Å². The zero-order valence-corrected chi connectivity index (χ0v) is 20.7. The lowest BCUT2D eigenvalue weighted by Gasteiger charge is -2.27. The summed E-state index contributed by atoms with van der Waals surface area (Å²) in [5.74, 6) is -2.00. The van der Waals surface area contributed by atoms with Gasteiger partial charge in [0.2, 0.25) is 11.8 Å². The Labute approximate surface area is 209 Å². The molecule has 1 aliphatic heterocycles. The normalized spacial score (nSPS) is 16.1. The number of hydrogen-bond acceptors (Lipinski definition) is 6. The Bertz CT molecular complexity index is 1210. The van der Waals surface area contributed by atoms with Crippen LogP contribution in [-0.2, 0) is 14.4 Å². The van der Waals surface area contributed by atoms with Gasteiger partial charge in [-0.2, -0.15) is 5.26 Å². The zero-order chi connectivity index (χ0) is 26.2. The number of amides is 3. The van der Waals surface area contributed by atoms with Gasteiger partial charge in [-0.15, -0.1) is 0 Å². The van der Waals surface area contributed by atoms with E-state index in [1.54, 1.807) is 25.3 Å². The van der Waals surface area contributed by atoms with Gasteiger partial charge < -0.3 is 15.0 Å². The van der Waals surface area contributed by atoms with Crippen molar-refractivity contribution < 1.29 is 23.9 Å². The van der Waals surface area contributed by atoms with Gasteiger partial charge in [0.25, 0.3) is 5.91 Å². The van der Waals surface area contributed by atoms with Crippen LogP contribution in [0.4, 0.5) is 0 Å². The van der Waals surface area contributed by atoms with E-state index >= 15 is 0 Å². The number of allylic oxidation sites excluding steroid dienone is 1. The van der Waals surface area contributed by atoms with Crippen molar-refractivity contribution in [3.63, 3.8) is 0 Å². The first kappa shape index (κ1) is 26.5. The van der Waals surface area contributed by atoms with Gasteiger partial charge in [-0.25, -0.2) is 5.01 Å². The largest absolute Gasteiger partial charge is 0.496 e. The fourth-order valence-electron chi connectivity index (χ4n) is 4.29. The predicted octanol–water partition coefficient (Wildman–Crippen LogP) is 2.49. The van der Waals surface area contributed by atoms with Crippen LogP contribution in [0.15, 0.2) is 36.4 Å². The van der Waals surface area contributed by atoms with Crippen LogP contribution in [0.1, 0.15) is 43.6 Å². The van der Waals surface area contributed by atoms with E-state index in [0.717, 1.165) is 28.1 Å². The van der Waals surface area contributed by atoms with Crippen molar-refractivity contribution in [2.24, 2.45) is 17.8 Å². The van der Waals surface area contributed by atoms with Gasteiger partial charge in [-0.3, -0.25) is 24.6 Å². The fourth-order valence-corrected chi connectivity index (χ4v) is 4.29. The van der Waals surface area contributed by atoms with E-state index in [2.05, 4.69) is 15.7 Å². The summed E-state index contributed by atoms with van der Waals surface area (Å²) in [4.78, 5) is 54.2. The van der Waals surface area contributed by atoms with Crippen molar-refractivity contribution in [2.45, 2.75) is 33.1 Å². The molecule has 2 aromatic rings. The second-order valence-electron chi connectivity index (χ2n) is 9.22. The molecule has 0 radical (unpaired) electrons. The Hall–Kier alpha value is -4.13. The van der Waals surface area contributed by atoms with Gasteiger partial charge in [0.1, 0.15) is 5.75 Å². The zero-order valence-electron chi connectivity index (χ0n) is 20.7. The first-order valence-corrected chi connectivity index (χ1v) is 11.9. The first-order chi connectivity index (χ1) is 17.2. The Kier molecular flexibility index (Phi) is 8.84. The monoisotopic (exact) mass is 493 g/mol. The molecule has 1 aromatic heterocycles. The number of nitrogens with zero attached hydrogens (tertiary/aromatic N) is 2. The third-order valence-electron chi connectivity index (χ3n) is 6.08. The molecule has 3 rings (SSSR count). The number of nitriles is 1. The summed E-state index contributed by atoms with van der Waals surface area (Å²) >= 11 is 0. The highest BCUT2D eigenvalue weighted by molar-refractivity contribution is 6.02. The first-order valence-electron chi connectivity index (χ1n) is 11.9.